The summed E-state index contributed by atoms with van der Waals surface area (Å²) < 4.78 is 0.891. The van der Waals surface area contributed by atoms with Gasteiger partial charge in [-0.25, -0.2) is 4.98 Å². The fourth-order valence-electron chi connectivity index (χ4n) is 1.29. The second-order valence-corrected chi connectivity index (χ2v) is 5.48. The maximum atomic E-state index is 6.11. The summed E-state index contributed by atoms with van der Waals surface area (Å²) in [6, 6.07) is 7.31. The zero-order valence-electron chi connectivity index (χ0n) is 7.85. The summed E-state index contributed by atoms with van der Waals surface area (Å²) in [5, 5.41) is 1.72. The van der Waals surface area contributed by atoms with E-state index in [0.29, 0.717) is 15.2 Å². The predicted octanol–water partition coefficient (Wildman–Crippen LogP) is 5.31. The van der Waals surface area contributed by atoms with Crippen LogP contribution in [-0.2, 0) is 0 Å². The molecule has 0 atom stereocenters. The molecule has 0 spiro atoms. The minimum absolute atomic E-state index is 0.495. The third-order valence-corrected chi connectivity index (χ3v) is 4.03. The quantitative estimate of drug-likeness (QED) is 0.479. The van der Waals surface area contributed by atoms with Gasteiger partial charge in [-0.15, -0.1) is 0 Å². The van der Waals surface area contributed by atoms with E-state index in [2.05, 4.69) is 27.6 Å². The van der Waals surface area contributed by atoms with Gasteiger partial charge in [-0.2, -0.15) is 0 Å². The lowest BCUT2D eigenvalue weighted by molar-refractivity contribution is 1.31. The molecule has 0 unspecified atom stereocenters. The van der Waals surface area contributed by atoms with E-state index < -0.39 is 0 Å². The van der Waals surface area contributed by atoms with Crippen molar-refractivity contribution in [1.82, 2.24) is 4.98 Å². The molecule has 2 aromatic rings. The Balaban J connectivity index is 2.54. The summed E-state index contributed by atoms with van der Waals surface area (Å²) in [4.78, 5) is 4.08. The van der Waals surface area contributed by atoms with Crippen LogP contribution in [0.1, 0.15) is 0 Å². The lowest BCUT2D eigenvalue weighted by Crippen LogP contribution is -1.85. The average Bonchev–Trinajstić information content (AvgIpc) is 2.22. The minimum Gasteiger partial charge on any atom is -0.243 e. The average molecular weight is 384 g/mol. The molecule has 0 saturated carbocycles. The van der Waals surface area contributed by atoms with Gasteiger partial charge in [0, 0.05) is 27.4 Å². The van der Waals surface area contributed by atoms with Crippen molar-refractivity contribution in [2.45, 2.75) is 0 Å². The van der Waals surface area contributed by atoms with Crippen LogP contribution in [0.2, 0.25) is 15.2 Å². The molecular weight excluding hydrogens is 379 g/mol. The zero-order valence-corrected chi connectivity index (χ0v) is 12.3. The van der Waals surface area contributed by atoms with Crippen LogP contribution in [-0.4, -0.2) is 4.98 Å². The molecule has 0 saturated heterocycles. The molecule has 82 valence electrons. The van der Waals surface area contributed by atoms with Crippen LogP contribution in [0.4, 0.5) is 0 Å². The Morgan fingerprint density at radius 3 is 2.44 bits per heavy atom. The fraction of sp³-hybridized carbons (Fsp3) is 0. The minimum atomic E-state index is 0.495. The van der Waals surface area contributed by atoms with E-state index in [9.17, 15) is 0 Å². The molecule has 0 amide bonds. The van der Waals surface area contributed by atoms with Gasteiger partial charge in [-0.1, -0.05) is 40.9 Å². The van der Waals surface area contributed by atoms with Gasteiger partial charge >= 0.3 is 0 Å². The molecule has 0 bridgehead atoms. The summed E-state index contributed by atoms with van der Waals surface area (Å²) in [7, 11) is 0. The van der Waals surface area contributed by atoms with Gasteiger partial charge in [0.15, 0.2) is 0 Å². The first kappa shape index (κ1) is 12.4. The van der Waals surface area contributed by atoms with Crippen LogP contribution in [0.5, 0.6) is 0 Å². The molecule has 1 heterocycles. The van der Waals surface area contributed by atoms with Crippen LogP contribution in [0.15, 0.2) is 30.5 Å². The standard InChI is InChI=1S/C11H5Cl3IN/c12-7-1-2-8(9(13)4-7)6-3-10(15)11(14)16-5-6/h1-5H. The maximum Gasteiger partial charge on any atom is 0.142 e. The van der Waals surface area contributed by atoms with Gasteiger partial charge in [0.25, 0.3) is 0 Å². The van der Waals surface area contributed by atoms with Crippen molar-refractivity contribution >= 4 is 57.4 Å². The van der Waals surface area contributed by atoms with Crippen molar-refractivity contribution in [2.24, 2.45) is 0 Å². The summed E-state index contributed by atoms with van der Waals surface area (Å²) in [5.74, 6) is 0. The number of hydrogen-bond acceptors (Lipinski definition) is 1. The van der Waals surface area contributed by atoms with Crippen LogP contribution < -0.4 is 0 Å². The molecule has 0 aliphatic rings. The fourth-order valence-corrected chi connectivity index (χ4v) is 2.39. The Morgan fingerprint density at radius 1 is 1.06 bits per heavy atom. The first-order chi connectivity index (χ1) is 7.58. The highest BCUT2D eigenvalue weighted by Gasteiger charge is 2.07. The number of benzene rings is 1. The number of nitrogens with zero attached hydrogens (tertiary/aromatic N) is 1. The maximum absolute atomic E-state index is 6.11. The Hall–Kier alpha value is -0.0300. The van der Waals surface area contributed by atoms with Crippen molar-refractivity contribution in [3.8, 4) is 11.1 Å². The molecule has 0 aliphatic heterocycles. The lowest BCUT2D eigenvalue weighted by Gasteiger charge is -2.05. The van der Waals surface area contributed by atoms with Crippen LogP contribution in [0.25, 0.3) is 11.1 Å². The molecule has 1 nitrogen and oxygen atoms in total. The van der Waals surface area contributed by atoms with E-state index in [0.717, 1.165) is 14.7 Å². The van der Waals surface area contributed by atoms with Crippen molar-refractivity contribution in [3.05, 3.63) is 49.2 Å². The predicted molar refractivity (Wildman–Crippen MR) is 77.4 cm³/mol. The largest absolute Gasteiger partial charge is 0.243 e. The molecule has 0 radical (unpaired) electrons. The molecule has 0 fully saturated rings. The molecule has 0 N–H and O–H groups in total. The van der Waals surface area contributed by atoms with Gasteiger partial charge in [0.1, 0.15) is 5.15 Å². The third kappa shape index (κ3) is 2.62. The summed E-state index contributed by atoms with van der Waals surface area (Å²) >= 11 is 19.9. The molecule has 0 aliphatic carbocycles. The summed E-state index contributed by atoms with van der Waals surface area (Å²) in [5.41, 5.74) is 1.82. The first-order valence-corrected chi connectivity index (χ1v) is 6.55. The van der Waals surface area contributed by atoms with Gasteiger partial charge in [0.2, 0.25) is 0 Å². The number of aromatic nitrogens is 1. The molecule has 5 heteroatoms. The van der Waals surface area contributed by atoms with E-state index in [1.165, 1.54) is 0 Å². The highest BCUT2D eigenvalue weighted by atomic mass is 127. The Kier molecular flexibility index (Phi) is 3.95. The Morgan fingerprint density at radius 2 is 1.81 bits per heavy atom. The Bertz CT molecular complexity index is 543. The molecule has 1 aromatic carbocycles. The molecular formula is C11H5Cl3IN. The zero-order chi connectivity index (χ0) is 11.7. The third-order valence-electron chi connectivity index (χ3n) is 2.04. The van der Waals surface area contributed by atoms with E-state index in [1.54, 1.807) is 18.3 Å². The number of hydrogen-bond donors (Lipinski definition) is 0. The summed E-state index contributed by atoms with van der Waals surface area (Å²) in [6.07, 6.45) is 1.69. The molecule has 16 heavy (non-hydrogen) atoms. The number of rotatable bonds is 1. The monoisotopic (exact) mass is 383 g/mol. The van der Waals surface area contributed by atoms with Crippen molar-refractivity contribution < 1.29 is 0 Å². The van der Waals surface area contributed by atoms with Crippen LogP contribution in [0.3, 0.4) is 0 Å². The van der Waals surface area contributed by atoms with Crippen LogP contribution >= 0.6 is 57.4 Å². The topological polar surface area (TPSA) is 12.9 Å². The van der Waals surface area contributed by atoms with Gasteiger partial charge < -0.3 is 0 Å². The second-order valence-electron chi connectivity index (χ2n) is 3.12. The van der Waals surface area contributed by atoms with Crippen molar-refractivity contribution in [2.75, 3.05) is 0 Å². The SMILES string of the molecule is Clc1ccc(-c2cnc(Cl)c(I)c2)c(Cl)c1. The summed E-state index contributed by atoms with van der Waals surface area (Å²) in [6.45, 7) is 0. The van der Waals surface area contributed by atoms with E-state index in [4.69, 9.17) is 34.8 Å². The Labute approximate surface area is 122 Å². The smallest absolute Gasteiger partial charge is 0.142 e. The van der Waals surface area contributed by atoms with E-state index in [1.807, 2.05) is 12.1 Å². The lowest BCUT2D eigenvalue weighted by atomic mass is 10.1. The number of halogens is 4. The first-order valence-electron chi connectivity index (χ1n) is 4.34. The van der Waals surface area contributed by atoms with Crippen molar-refractivity contribution in [1.29, 1.82) is 0 Å². The number of pyridine rings is 1. The van der Waals surface area contributed by atoms with E-state index in [-0.39, 0.29) is 0 Å². The normalized spacial score (nSPS) is 10.5. The highest BCUT2D eigenvalue weighted by Crippen LogP contribution is 2.31. The van der Waals surface area contributed by atoms with Gasteiger partial charge in [-0.05, 0) is 40.8 Å². The second kappa shape index (κ2) is 5.08. The van der Waals surface area contributed by atoms with Gasteiger partial charge in [0.05, 0.1) is 3.57 Å². The molecule has 2 rings (SSSR count). The highest BCUT2D eigenvalue weighted by molar-refractivity contribution is 14.1. The van der Waals surface area contributed by atoms with Gasteiger partial charge in [-0.3, -0.25) is 0 Å². The molecule has 1 aromatic heterocycles. The van der Waals surface area contributed by atoms with E-state index >= 15 is 0 Å². The van der Waals surface area contributed by atoms with Crippen molar-refractivity contribution in [3.63, 3.8) is 0 Å². The van der Waals surface area contributed by atoms with Crippen LogP contribution in [0, 0.1) is 3.57 Å².